The van der Waals surface area contributed by atoms with Crippen molar-refractivity contribution in [2.24, 2.45) is 10.2 Å². The van der Waals surface area contributed by atoms with Gasteiger partial charge in [0.05, 0.1) is 51.3 Å². The maximum absolute atomic E-state index is 12.9. The summed E-state index contributed by atoms with van der Waals surface area (Å²) in [5.41, 5.74) is 0. The SMILES string of the molecule is O=C(N(CC1CO1)/N=C/c1ccco1)N(CC1CO1)/N=C/c1ccco1. The summed E-state index contributed by atoms with van der Waals surface area (Å²) in [6.45, 7) is 1.91. The Morgan fingerprint density at radius 3 is 1.77 bits per heavy atom. The predicted octanol–water partition coefficient (Wildman–Crippen LogP) is 1.76. The molecule has 2 aliphatic heterocycles. The first kappa shape index (κ1) is 16.6. The molecule has 4 heterocycles. The second-order valence-electron chi connectivity index (χ2n) is 5.88. The van der Waals surface area contributed by atoms with E-state index in [2.05, 4.69) is 10.2 Å². The van der Waals surface area contributed by atoms with Gasteiger partial charge in [-0.3, -0.25) is 0 Å². The van der Waals surface area contributed by atoms with Crippen LogP contribution in [0, 0.1) is 0 Å². The Morgan fingerprint density at radius 1 is 0.962 bits per heavy atom. The summed E-state index contributed by atoms with van der Waals surface area (Å²) in [5, 5.41) is 11.1. The number of epoxide rings is 2. The molecule has 2 saturated heterocycles. The quantitative estimate of drug-likeness (QED) is 0.407. The van der Waals surface area contributed by atoms with Crippen LogP contribution in [0.3, 0.4) is 0 Å². The van der Waals surface area contributed by atoms with Gasteiger partial charge in [-0.05, 0) is 24.3 Å². The Balaban J connectivity index is 1.49. The number of amides is 2. The third kappa shape index (κ3) is 4.58. The van der Waals surface area contributed by atoms with Crippen LogP contribution >= 0.6 is 0 Å². The molecule has 0 aromatic carbocycles. The van der Waals surface area contributed by atoms with Gasteiger partial charge in [-0.15, -0.1) is 0 Å². The maximum Gasteiger partial charge on any atom is 0.360 e. The Hall–Kier alpha value is -2.91. The van der Waals surface area contributed by atoms with E-state index in [1.165, 1.54) is 22.4 Å². The number of furan rings is 2. The molecule has 0 saturated carbocycles. The van der Waals surface area contributed by atoms with E-state index in [1.807, 2.05) is 0 Å². The van der Waals surface area contributed by atoms with Crippen molar-refractivity contribution in [1.82, 2.24) is 10.0 Å². The normalized spacial score (nSPS) is 21.4. The topological polar surface area (TPSA) is 99.6 Å². The zero-order valence-electron chi connectivity index (χ0n) is 13.9. The molecule has 0 spiro atoms. The summed E-state index contributed by atoms with van der Waals surface area (Å²) in [6.07, 6.45) is 6.04. The molecule has 0 radical (unpaired) electrons. The second-order valence-corrected chi connectivity index (χ2v) is 5.88. The molecule has 4 rings (SSSR count). The van der Waals surface area contributed by atoms with E-state index in [1.54, 1.807) is 36.8 Å². The highest BCUT2D eigenvalue weighted by atomic mass is 16.6. The van der Waals surface area contributed by atoms with Gasteiger partial charge in [0.2, 0.25) is 0 Å². The molecule has 0 aliphatic carbocycles. The number of nitrogens with zero attached hydrogens (tertiary/aromatic N) is 4. The zero-order chi connectivity index (χ0) is 17.8. The fourth-order valence-corrected chi connectivity index (χ4v) is 2.20. The van der Waals surface area contributed by atoms with Crippen LogP contribution in [-0.4, -0.2) is 67.0 Å². The minimum atomic E-state index is -0.374. The monoisotopic (exact) mass is 358 g/mol. The van der Waals surface area contributed by atoms with Crippen LogP contribution in [-0.2, 0) is 9.47 Å². The summed E-state index contributed by atoms with van der Waals surface area (Å²) in [7, 11) is 0. The van der Waals surface area contributed by atoms with Gasteiger partial charge >= 0.3 is 6.03 Å². The van der Waals surface area contributed by atoms with Crippen LogP contribution in [0.1, 0.15) is 11.5 Å². The highest BCUT2D eigenvalue weighted by molar-refractivity contribution is 5.81. The van der Waals surface area contributed by atoms with Gasteiger partial charge in [-0.1, -0.05) is 0 Å². The second kappa shape index (κ2) is 7.54. The lowest BCUT2D eigenvalue weighted by atomic mass is 10.4. The molecule has 2 aromatic rings. The molecular formula is C17H18N4O5. The molecule has 136 valence electrons. The number of ether oxygens (including phenoxy) is 2. The molecule has 2 unspecified atom stereocenters. The van der Waals surface area contributed by atoms with Crippen molar-refractivity contribution in [3.8, 4) is 0 Å². The van der Waals surface area contributed by atoms with E-state index >= 15 is 0 Å². The van der Waals surface area contributed by atoms with E-state index in [0.717, 1.165) is 0 Å². The number of carbonyl (C=O) groups excluding carboxylic acids is 1. The van der Waals surface area contributed by atoms with Crippen molar-refractivity contribution < 1.29 is 23.1 Å². The summed E-state index contributed by atoms with van der Waals surface area (Å²) < 4.78 is 20.9. The van der Waals surface area contributed by atoms with Gasteiger partial charge in [0, 0.05) is 0 Å². The van der Waals surface area contributed by atoms with Gasteiger partial charge in [0.25, 0.3) is 0 Å². The van der Waals surface area contributed by atoms with Crippen molar-refractivity contribution in [2.45, 2.75) is 12.2 Å². The van der Waals surface area contributed by atoms with E-state index in [4.69, 9.17) is 18.3 Å². The molecular weight excluding hydrogens is 340 g/mol. The first-order chi connectivity index (χ1) is 12.8. The Labute approximate surface area is 149 Å². The number of hydrazone groups is 2. The van der Waals surface area contributed by atoms with Crippen LogP contribution in [0.4, 0.5) is 4.79 Å². The number of hydrogen-bond donors (Lipinski definition) is 0. The number of carbonyl (C=O) groups is 1. The summed E-state index contributed by atoms with van der Waals surface area (Å²) in [5.74, 6) is 1.10. The van der Waals surface area contributed by atoms with Crippen LogP contribution in [0.5, 0.6) is 0 Å². The summed E-state index contributed by atoms with van der Waals surface area (Å²) in [4.78, 5) is 12.9. The Bertz CT molecular complexity index is 699. The predicted molar refractivity (Wildman–Crippen MR) is 90.9 cm³/mol. The molecule has 0 bridgehead atoms. The molecule has 2 amide bonds. The van der Waals surface area contributed by atoms with Gasteiger partial charge in [-0.2, -0.15) is 10.2 Å². The molecule has 0 N–H and O–H groups in total. The molecule has 9 heteroatoms. The van der Waals surface area contributed by atoms with E-state index in [-0.39, 0.29) is 18.2 Å². The average molecular weight is 358 g/mol. The smallest absolute Gasteiger partial charge is 0.360 e. The van der Waals surface area contributed by atoms with Crippen molar-refractivity contribution >= 4 is 18.5 Å². The standard InChI is InChI=1S/C17H18N4O5/c22-17(20(9-15-11-25-15)18-7-13-3-1-5-23-13)21(10-16-12-26-16)19-8-14-4-2-6-24-14/h1-8,15-16H,9-12H2/b18-7+,19-8+. The van der Waals surface area contributed by atoms with Gasteiger partial charge in [-0.25, -0.2) is 14.8 Å². The van der Waals surface area contributed by atoms with Crippen LogP contribution in [0.25, 0.3) is 0 Å². The lowest BCUT2D eigenvalue weighted by Gasteiger charge is -2.22. The Kier molecular flexibility index (Phi) is 4.80. The highest BCUT2D eigenvalue weighted by Crippen LogP contribution is 2.16. The highest BCUT2D eigenvalue weighted by Gasteiger charge is 2.33. The zero-order valence-corrected chi connectivity index (χ0v) is 13.9. The number of hydrogen-bond acceptors (Lipinski definition) is 7. The van der Waals surface area contributed by atoms with Gasteiger partial charge in [0.1, 0.15) is 23.7 Å². The van der Waals surface area contributed by atoms with Crippen LogP contribution in [0.2, 0.25) is 0 Å². The lowest BCUT2D eigenvalue weighted by Crippen LogP contribution is -2.41. The molecule has 9 nitrogen and oxygen atoms in total. The molecule has 2 atom stereocenters. The van der Waals surface area contributed by atoms with Crippen LogP contribution in [0.15, 0.2) is 55.8 Å². The first-order valence-corrected chi connectivity index (χ1v) is 8.25. The minimum Gasteiger partial charge on any atom is -0.463 e. The van der Waals surface area contributed by atoms with E-state index in [0.29, 0.717) is 37.8 Å². The molecule has 2 aliphatic rings. The fourth-order valence-electron chi connectivity index (χ4n) is 2.20. The Morgan fingerprint density at radius 2 is 1.42 bits per heavy atom. The third-order valence-electron chi connectivity index (χ3n) is 3.73. The third-order valence-corrected chi connectivity index (χ3v) is 3.73. The number of urea groups is 1. The maximum atomic E-state index is 12.9. The van der Waals surface area contributed by atoms with Crippen molar-refractivity contribution in [2.75, 3.05) is 26.3 Å². The van der Waals surface area contributed by atoms with Crippen molar-refractivity contribution in [3.05, 3.63) is 48.3 Å². The lowest BCUT2D eigenvalue weighted by molar-refractivity contribution is 0.148. The van der Waals surface area contributed by atoms with E-state index in [9.17, 15) is 4.79 Å². The summed E-state index contributed by atoms with van der Waals surface area (Å²) in [6, 6.07) is 6.64. The van der Waals surface area contributed by atoms with Crippen LogP contribution < -0.4 is 0 Å². The summed E-state index contributed by atoms with van der Waals surface area (Å²) >= 11 is 0. The fraction of sp³-hybridized carbons (Fsp3) is 0.353. The number of rotatable bonds is 8. The molecule has 2 aromatic heterocycles. The average Bonchev–Trinajstić information content (AvgIpc) is 3.53. The van der Waals surface area contributed by atoms with Crippen molar-refractivity contribution in [3.63, 3.8) is 0 Å². The van der Waals surface area contributed by atoms with Crippen molar-refractivity contribution in [1.29, 1.82) is 0 Å². The van der Waals surface area contributed by atoms with E-state index < -0.39 is 0 Å². The molecule has 2 fully saturated rings. The van der Waals surface area contributed by atoms with Gasteiger partial charge in [0.15, 0.2) is 0 Å². The first-order valence-electron chi connectivity index (χ1n) is 8.25. The minimum absolute atomic E-state index is 0.0132. The largest absolute Gasteiger partial charge is 0.463 e. The van der Waals surface area contributed by atoms with Gasteiger partial charge < -0.3 is 18.3 Å². The molecule has 26 heavy (non-hydrogen) atoms.